The number of benzene rings is 2. The van der Waals surface area contributed by atoms with Crippen molar-refractivity contribution in [1.29, 1.82) is 5.41 Å². The molecule has 0 amide bonds. The zero-order valence-corrected chi connectivity index (χ0v) is 24.7. The molecule has 4 aromatic rings. The van der Waals surface area contributed by atoms with Gasteiger partial charge < -0.3 is 29.7 Å². The third kappa shape index (κ3) is 5.57. The van der Waals surface area contributed by atoms with Gasteiger partial charge in [-0.1, -0.05) is 41.4 Å². The Labute approximate surface area is 253 Å². The van der Waals surface area contributed by atoms with Gasteiger partial charge in [-0.25, -0.2) is 14.6 Å². The van der Waals surface area contributed by atoms with Crippen LogP contribution in [-0.2, 0) is 11.3 Å². The summed E-state index contributed by atoms with van der Waals surface area (Å²) in [6.45, 7) is 2.72. The number of hydrogen-bond donors (Lipinski definition) is 3. The van der Waals surface area contributed by atoms with E-state index < -0.39 is 0 Å². The minimum atomic E-state index is -0.292. The molecule has 6 rings (SSSR count). The lowest BCUT2D eigenvalue weighted by Gasteiger charge is -2.37. The van der Waals surface area contributed by atoms with Crippen molar-refractivity contribution in [2.75, 3.05) is 50.1 Å². The maximum atomic E-state index is 10.4. The second-order valence-corrected chi connectivity index (χ2v) is 11.0. The molecular weight excluding hydrogens is 579 g/mol. The van der Waals surface area contributed by atoms with Gasteiger partial charge in [0.05, 0.1) is 23.8 Å². The Balaban J connectivity index is 1.30. The Morgan fingerprint density at radius 1 is 1.12 bits per heavy atom. The van der Waals surface area contributed by atoms with Crippen LogP contribution in [0.5, 0.6) is 5.75 Å². The zero-order valence-electron chi connectivity index (χ0n) is 23.2. The van der Waals surface area contributed by atoms with Gasteiger partial charge in [0, 0.05) is 50.1 Å². The summed E-state index contributed by atoms with van der Waals surface area (Å²) in [4.78, 5) is 14.0. The molecule has 0 radical (unpaired) electrons. The van der Waals surface area contributed by atoms with Crippen LogP contribution in [0, 0.1) is 5.41 Å². The molecule has 13 heteroatoms. The molecule has 1 atom stereocenters. The number of halogens is 2. The van der Waals surface area contributed by atoms with Gasteiger partial charge in [0.15, 0.2) is 23.7 Å². The normalized spacial score (nSPS) is 17.5. The summed E-state index contributed by atoms with van der Waals surface area (Å²) in [5.41, 5.74) is 3.52. The number of aliphatic hydroxyl groups is 1. The average Bonchev–Trinajstić information content (AvgIpc) is 3.40. The van der Waals surface area contributed by atoms with Crippen LogP contribution < -0.4 is 15.0 Å². The lowest BCUT2D eigenvalue weighted by atomic mass is 10.1. The Kier molecular flexibility index (Phi) is 8.34. The van der Waals surface area contributed by atoms with Crippen LogP contribution in [0.1, 0.15) is 31.2 Å². The van der Waals surface area contributed by atoms with Crippen molar-refractivity contribution in [1.82, 2.24) is 24.6 Å². The molecule has 11 nitrogen and oxygen atoms in total. The molecule has 0 bridgehead atoms. The topological polar surface area (TPSA) is 125 Å². The molecule has 0 spiro atoms. The van der Waals surface area contributed by atoms with Crippen LogP contribution in [0.25, 0.3) is 22.4 Å². The van der Waals surface area contributed by atoms with E-state index in [1.54, 1.807) is 17.9 Å². The number of nitrogens with one attached hydrogen (secondary N) is 2. The number of rotatable bonds is 6. The van der Waals surface area contributed by atoms with Crippen molar-refractivity contribution in [2.24, 2.45) is 0 Å². The minimum Gasteiger partial charge on any atom is -0.497 e. The molecule has 0 saturated carbocycles. The predicted molar refractivity (Wildman–Crippen MR) is 164 cm³/mol. The fraction of sp³-hybridized carbons (Fsp3) is 0.379. The third-order valence-corrected chi connectivity index (χ3v) is 8.41. The second kappa shape index (κ2) is 12.3. The van der Waals surface area contributed by atoms with Crippen LogP contribution in [0.15, 0.2) is 42.5 Å². The van der Waals surface area contributed by atoms with Crippen LogP contribution >= 0.6 is 23.2 Å². The molecule has 42 heavy (non-hydrogen) atoms. The molecule has 3 N–H and O–H groups in total. The summed E-state index contributed by atoms with van der Waals surface area (Å²) in [5.74, 6) is 1.63. The summed E-state index contributed by atoms with van der Waals surface area (Å²) in [6.07, 6.45) is 2.54. The van der Waals surface area contributed by atoms with E-state index in [9.17, 15) is 5.11 Å². The van der Waals surface area contributed by atoms with Gasteiger partial charge in [-0.05, 0) is 37.5 Å². The summed E-state index contributed by atoms with van der Waals surface area (Å²) in [5, 5.41) is 27.8. The van der Waals surface area contributed by atoms with E-state index >= 15 is 0 Å². The molecule has 220 valence electrons. The molecule has 2 aliphatic rings. The van der Waals surface area contributed by atoms with Crippen LogP contribution in [0.3, 0.4) is 0 Å². The summed E-state index contributed by atoms with van der Waals surface area (Å²) in [6, 6.07) is 12.9. The number of aliphatic hydroxyl groups excluding tert-OH is 1. The van der Waals surface area contributed by atoms with E-state index in [1.165, 1.54) is 0 Å². The van der Waals surface area contributed by atoms with E-state index in [1.807, 2.05) is 41.3 Å². The SMILES string of the molecule is COc1cccc(NC(=N)N2CCN(c3nc4c(nc3CO)c(-c3cccc(Cl)c3Cl)nn4C3CCCCO3)CC2)c1. The lowest BCUT2D eigenvalue weighted by Crippen LogP contribution is -2.50. The molecule has 0 aliphatic carbocycles. The van der Waals surface area contributed by atoms with E-state index in [0.29, 0.717) is 82.7 Å². The number of anilines is 2. The summed E-state index contributed by atoms with van der Waals surface area (Å²) in [7, 11) is 1.62. The van der Waals surface area contributed by atoms with Crippen LogP contribution in [0.4, 0.5) is 11.5 Å². The first-order chi connectivity index (χ1) is 20.5. The van der Waals surface area contributed by atoms with Gasteiger partial charge in [0.1, 0.15) is 22.7 Å². The number of ether oxygens (including phenoxy) is 2. The second-order valence-electron chi connectivity index (χ2n) is 10.2. The molecule has 4 heterocycles. The number of methoxy groups -OCH3 is 1. The van der Waals surface area contributed by atoms with Crippen molar-refractivity contribution in [3.05, 3.63) is 58.2 Å². The van der Waals surface area contributed by atoms with Gasteiger partial charge in [-0.2, -0.15) is 5.10 Å². The standard InChI is InChI=1S/C29H32Cl2N8O3/c1-41-19-7-4-6-18(16-19)33-29(32)38-13-11-37(12-14-38)27-22(17-40)34-26-25(20-8-5-9-21(30)24(20)31)36-39(28(26)35-27)23-10-2-3-15-42-23/h4-9,16,23,40H,2-3,10-15,17H2,1H3,(H2,32,33). The molecule has 1 unspecified atom stereocenters. The van der Waals surface area contributed by atoms with Crippen molar-refractivity contribution in [2.45, 2.75) is 32.1 Å². The number of fused-ring (bicyclic) bond motifs is 1. The summed E-state index contributed by atoms with van der Waals surface area (Å²) < 4.78 is 13.2. The van der Waals surface area contributed by atoms with Crippen molar-refractivity contribution >= 4 is 51.8 Å². The summed E-state index contributed by atoms with van der Waals surface area (Å²) >= 11 is 12.9. The Bertz CT molecular complexity index is 1600. The number of nitrogens with zero attached hydrogens (tertiary/aromatic N) is 6. The quantitative estimate of drug-likeness (QED) is 0.200. The Morgan fingerprint density at radius 3 is 2.67 bits per heavy atom. The molecular formula is C29H32Cl2N8O3. The van der Waals surface area contributed by atoms with Crippen molar-refractivity contribution in [3.63, 3.8) is 0 Å². The number of aromatic nitrogens is 4. The lowest BCUT2D eigenvalue weighted by molar-refractivity contribution is -0.0368. The van der Waals surface area contributed by atoms with E-state index in [0.717, 1.165) is 30.7 Å². The fourth-order valence-corrected chi connectivity index (χ4v) is 5.77. The highest BCUT2D eigenvalue weighted by atomic mass is 35.5. The van der Waals surface area contributed by atoms with Crippen LogP contribution in [0.2, 0.25) is 10.0 Å². The minimum absolute atomic E-state index is 0.282. The van der Waals surface area contributed by atoms with Gasteiger partial charge in [-0.15, -0.1) is 0 Å². The Morgan fingerprint density at radius 2 is 1.93 bits per heavy atom. The number of hydrogen-bond acceptors (Lipinski definition) is 8. The zero-order chi connectivity index (χ0) is 29.2. The van der Waals surface area contributed by atoms with Crippen molar-refractivity contribution in [3.8, 4) is 17.0 Å². The molecule has 2 aliphatic heterocycles. The third-order valence-electron chi connectivity index (χ3n) is 7.59. The van der Waals surface area contributed by atoms with E-state index in [4.69, 9.17) is 53.2 Å². The number of piperazine rings is 1. The average molecular weight is 612 g/mol. The monoisotopic (exact) mass is 610 g/mol. The first kappa shape index (κ1) is 28.5. The largest absolute Gasteiger partial charge is 0.497 e. The maximum absolute atomic E-state index is 10.4. The van der Waals surface area contributed by atoms with Gasteiger partial charge in [-0.3, -0.25) is 5.41 Å². The first-order valence-corrected chi connectivity index (χ1v) is 14.7. The number of guanidine groups is 1. The highest BCUT2D eigenvalue weighted by Crippen LogP contribution is 2.38. The molecule has 2 aromatic carbocycles. The maximum Gasteiger partial charge on any atom is 0.195 e. The van der Waals surface area contributed by atoms with Gasteiger partial charge >= 0.3 is 0 Å². The molecule has 2 saturated heterocycles. The first-order valence-electron chi connectivity index (χ1n) is 13.9. The highest BCUT2D eigenvalue weighted by Gasteiger charge is 2.29. The van der Waals surface area contributed by atoms with Crippen LogP contribution in [-0.4, -0.2) is 75.6 Å². The predicted octanol–water partition coefficient (Wildman–Crippen LogP) is 5.17. The molecule has 2 aromatic heterocycles. The van der Waals surface area contributed by atoms with Crippen molar-refractivity contribution < 1.29 is 14.6 Å². The van der Waals surface area contributed by atoms with Gasteiger partial charge in [0.2, 0.25) is 0 Å². The van der Waals surface area contributed by atoms with E-state index in [-0.39, 0.29) is 12.8 Å². The van der Waals surface area contributed by atoms with E-state index in [2.05, 4.69) is 10.2 Å². The fourth-order valence-electron chi connectivity index (χ4n) is 5.38. The Hall–Kier alpha value is -3.64. The smallest absolute Gasteiger partial charge is 0.195 e. The van der Waals surface area contributed by atoms with Gasteiger partial charge in [0.25, 0.3) is 0 Å². The highest BCUT2D eigenvalue weighted by molar-refractivity contribution is 6.43. The molecule has 2 fully saturated rings.